The lowest BCUT2D eigenvalue weighted by molar-refractivity contribution is -0.167. The number of nitrogens with one attached hydrogen (secondary N) is 2. The lowest BCUT2D eigenvalue weighted by Gasteiger charge is -2.35. The van der Waals surface area contributed by atoms with E-state index in [2.05, 4.69) is 34.8 Å². The number of benzene rings is 1. The van der Waals surface area contributed by atoms with Gasteiger partial charge in [0.25, 0.3) is 11.8 Å². The lowest BCUT2D eigenvalue weighted by Crippen LogP contribution is -2.54. The minimum Gasteiger partial charge on any atom is -0.460 e. The number of esters is 1. The summed E-state index contributed by atoms with van der Waals surface area (Å²) in [4.78, 5) is 64.0. The van der Waals surface area contributed by atoms with Crippen LogP contribution in [0.4, 0.5) is 5.69 Å². The Morgan fingerprint density at radius 1 is 1.07 bits per heavy atom. The molecule has 1 saturated heterocycles. The summed E-state index contributed by atoms with van der Waals surface area (Å²) in [7, 11) is 0. The van der Waals surface area contributed by atoms with Crippen molar-refractivity contribution in [2.75, 3.05) is 5.32 Å². The topological polar surface area (TPSA) is 153 Å². The van der Waals surface area contributed by atoms with E-state index in [1.807, 2.05) is 34.6 Å². The number of carbonyl (C=O) groups excluding carboxylic acids is 5. The average Bonchev–Trinajstić information content (AvgIpc) is 3.38. The molecular weight excluding hydrogens is 528 g/mol. The Morgan fingerprint density at radius 2 is 1.78 bits per heavy atom. The minimum absolute atomic E-state index is 0.0554. The summed E-state index contributed by atoms with van der Waals surface area (Å²) in [6.45, 7) is 14.2. The van der Waals surface area contributed by atoms with Crippen LogP contribution in [-0.2, 0) is 32.2 Å². The van der Waals surface area contributed by atoms with Crippen molar-refractivity contribution in [2.45, 2.75) is 92.5 Å². The third-order valence-electron chi connectivity index (χ3n) is 6.98. The number of imide groups is 2. The van der Waals surface area contributed by atoms with Crippen LogP contribution >= 0.6 is 0 Å². The van der Waals surface area contributed by atoms with Crippen molar-refractivity contribution in [2.24, 2.45) is 10.8 Å². The van der Waals surface area contributed by atoms with Crippen LogP contribution in [0.3, 0.4) is 0 Å². The van der Waals surface area contributed by atoms with Gasteiger partial charge in [0.2, 0.25) is 11.8 Å². The zero-order valence-corrected chi connectivity index (χ0v) is 24.7. The number of hydrogen-bond donors (Lipinski definition) is 2. The Balaban J connectivity index is 1.41. The Morgan fingerprint density at radius 3 is 2.44 bits per heavy atom. The summed E-state index contributed by atoms with van der Waals surface area (Å²) in [6.07, 6.45) is 2.51. The normalized spacial score (nSPS) is 17.9. The van der Waals surface area contributed by atoms with Crippen LogP contribution in [0.5, 0.6) is 0 Å². The van der Waals surface area contributed by atoms with Crippen LogP contribution in [0.25, 0.3) is 0 Å². The number of nitrogens with zero attached hydrogens (tertiary/aromatic N) is 4. The molecule has 1 aromatic heterocycles. The van der Waals surface area contributed by atoms with Gasteiger partial charge in [-0.3, -0.25) is 38.9 Å². The Labute approximate surface area is 239 Å². The van der Waals surface area contributed by atoms with Crippen LogP contribution < -0.4 is 10.6 Å². The monoisotopic (exact) mass is 566 g/mol. The molecule has 12 heteroatoms. The maximum Gasteiger partial charge on any atom is 0.312 e. The number of hydrogen-bond acceptors (Lipinski definition) is 9. The lowest BCUT2D eigenvalue weighted by atomic mass is 9.75. The molecule has 1 atom stereocenters. The third-order valence-corrected chi connectivity index (χ3v) is 6.98. The summed E-state index contributed by atoms with van der Waals surface area (Å²) in [5, 5.41) is 13.9. The largest absolute Gasteiger partial charge is 0.460 e. The van der Waals surface area contributed by atoms with E-state index in [0.717, 1.165) is 4.90 Å². The molecule has 41 heavy (non-hydrogen) atoms. The average molecular weight is 567 g/mol. The molecule has 4 amide bonds. The number of ether oxygens (including phenoxy) is 1. The summed E-state index contributed by atoms with van der Waals surface area (Å²) in [6, 6.07) is 3.86. The molecule has 2 N–H and O–H groups in total. The van der Waals surface area contributed by atoms with Crippen molar-refractivity contribution in [1.82, 2.24) is 25.2 Å². The highest BCUT2D eigenvalue weighted by molar-refractivity contribution is 6.25. The van der Waals surface area contributed by atoms with Gasteiger partial charge in [0, 0.05) is 18.7 Å². The Bertz CT molecular complexity index is 1400. The van der Waals surface area contributed by atoms with Crippen LogP contribution in [0.2, 0.25) is 0 Å². The maximum atomic E-state index is 13.3. The highest BCUT2D eigenvalue weighted by Crippen LogP contribution is 2.37. The molecule has 0 bridgehead atoms. The minimum atomic E-state index is -1.03. The van der Waals surface area contributed by atoms with Gasteiger partial charge in [0.1, 0.15) is 17.3 Å². The number of rotatable bonds is 9. The standard InChI is InChI=1S/C29H38N6O6/c1-27(2,3)41-26(40)29(6,7)15-28(4,5)16-34-14-17(32-33-34)13-30-19-10-8-9-18-22(19)25(39)35(24(18)38)20-11-12-21(36)31-23(20)37/h8-10,14,20,30H,11-13,15-16H2,1-7H3,(H,31,36,37). The van der Waals surface area contributed by atoms with E-state index in [-0.39, 0.29) is 41.9 Å². The van der Waals surface area contributed by atoms with Crippen molar-refractivity contribution in [3.8, 4) is 0 Å². The quantitative estimate of drug-likeness (QED) is 0.344. The third kappa shape index (κ3) is 6.63. The first kappa shape index (κ1) is 29.9. The first-order chi connectivity index (χ1) is 19.0. The van der Waals surface area contributed by atoms with E-state index in [4.69, 9.17) is 4.74 Å². The second-order valence-corrected chi connectivity index (χ2v) is 13.2. The predicted molar refractivity (Wildman–Crippen MR) is 148 cm³/mol. The smallest absolute Gasteiger partial charge is 0.312 e. The van der Waals surface area contributed by atoms with E-state index in [9.17, 15) is 24.0 Å². The fourth-order valence-electron chi connectivity index (χ4n) is 5.52. The van der Waals surface area contributed by atoms with Crippen LogP contribution in [0.15, 0.2) is 24.4 Å². The molecule has 1 fully saturated rings. The van der Waals surface area contributed by atoms with E-state index in [0.29, 0.717) is 24.3 Å². The summed E-state index contributed by atoms with van der Waals surface area (Å²) in [5.41, 5.74) is -0.130. The first-order valence-electron chi connectivity index (χ1n) is 13.7. The molecule has 0 saturated carbocycles. The Hall–Kier alpha value is -4.09. The number of fused-ring (bicyclic) bond motifs is 1. The van der Waals surface area contributed by atoms with E-state index in [1.165, 1.54) is 0 Å². The number of aromatic nitrogens is 3. The second kappa shape index (κ2) is 10.7. The van der Waals surface area contributed by atoms with Crippen molar-refractivity contribution in [1.29, 1.82) is 0 Å². The predicted octanol–water partition coefficient (Wildman–Crippen LogP) is 3.08. The summed E-state index contributed by atoms with van der Waals surface area (Å²) in [5.74, 6) is -2.47. The van der Waals surface area contributed by atoms with Crippen LogP contribution in [0, 0.1) is 10.8 Å². The molecule has 0 spiro atoms. The number of piperidine rings is 1. The molecule has 220 valence electrons. The van der Waals surface area contributed by atoms with Gasteiger partial charge in [-0.1, -0.05) is 25.1 Å². The van der Waals surface area contributed by atoms with Gasteiger partial charge < -0.3 is 10.1 Å². The molecule has 0 aliphatic carbocycles. The van der Waals surface area contributed by atoms with Crippen molar-refractivity contribution in [3.63, 3.8) is 0 Å². The maximum absolute atomic E-state index is 13.3. The van der Waals surface area contributed by atoms with Gasteiger partial charge in [-0.25, -0.2) is 0 Å². The Kier molecular flexibility index (Phi) is 7.81. The fraction of sp³-hybridized carbons (Fsp3) is 0.552. The van der Waals surface area contributed by atoms with Gasteiger partial charge in [-0.2, -0.15) is 0 Å². The zero-order chi connectivity index (χ0) is 30.3. The number of amides is 4. The molecule has 2 aliphatic rings. The zero-order valence-electron chi connectivity index (χ0n) is 24.7. The molecule has 0 radical (unpaired) electrons. The molecule has 3 heterocycles. The van der Waals surface area contributed by atoms with E-state index >= 15 is 0 Å². The molecule has 2 aliphatic heterocycles. The van der Waals surface area contributed by atoms with Crippen molar-refractivity contribution < 1.29 is 28.7 Å². The number of carbonyl (C=O) groups is 5. The number of anilines is 1. The van der Waals surface area contributed by atoms with Crippen LogP contribution in [0.1, 0.15) is 94.1 Å². The SMILES string of the molecule is CC(C)(Cn1cc(CNc2cccc3c2C(=O)N(C2CCC(=O)NC2=O)C3=O)nn1)CC(C)(C)C(=O)OC(C)(C)C. The van der Waals surface area contributed by atoms with Crippen molar-refractivity contribution in [3.05, 3.63) is 41.2 Å². The van der Waals surface area contributed by atoms with E-state index < -0.39 is 40.7 Å². The van der Waals surface area contributed by atoms with Gasteiger partial charge in [0.05, 0.1) is 29.3 Å². The molecule has 12 nitrogen and oxygen atoms in total. The van der Waals surface area contributed by atoms with Gasteiger partial charge >= 0.3 is 5.97 Å². The molecule has 2 aromatic rings. The molecule has 4 rings (SSSR count). The highest BCUT2D eigenvalue weighted by atomic mass is 16.6. The van der Waals surface area contributed by atoms with Gasteiger partial charge in [-0.15, -0.1) is 5.10 Å². The molecule has 1 aromatic carbocycles. The molecule has 1 unspecified atom stereocenters. The van der Waals surface area contributed by atoms with Gasteiger partial charge in [0.15, 0.2) is 0 Å². The second-order valence-electron chi connectivity index (χ2n) is 13.2. The molecular formula is C29H38N6O6. The highest BCUT2D eigenvalue weighted by Gasteiger charge is 2.45. The van der Waals surface area contributed by atoms with Crippen molar-refractivity contribution >= 4 is 35.3 Å². The fourth-order valence-corrected chi connectivity index (χ4v) is 5.52. The summed E-state index contributed by atoms with van der Waals surface area (Å²) < 4.78 is 7.33. The van der Waals surface area contributed by atoms with Gasteiger partial charge in [-0.05, 0) is 65.0 Å². The summed E-state index contributed by atoms with van der Waals surface area (Å²) >= 11 is 0. The first-order valence-corrected chi connectivity index (χ1v) is 13.7. The van der Waals surface area contributed by atoms with E-state index in [1.54, 1.807) is 29.1 Å². The van der Waals surface area contributed by atoms with Crippen LogP contribution in [-0.4, -0.2) is 61.1 Å².